The summed E-state index contributed by atoms with van der Waals surface area (Å²) in [5.41, 5.74) is 2.35. The number of methoxy groups -OCH3 is 1. The Balaban J connectivity index is 2.17. The van der Waals surface area contributed by atoms with Crippen LogP contribution in [0.5, 0.6) is 5.75 Å². The Hall–Kier alpha value is -1.33. The van der Waals surface area contributed by atoms with Gasteiger partial charge in [0.15, 0.2) is 0 Å². The summed E-state index contributed by atoms with van der Waals surface area (Å²) in [6.45, 7) is 7.96. The molecule has 0 spiro atoms. The van der Waals surface area contributed by atoms with Crippen molar-refractivity contribution in [3.63, 3.8) is 0 Å². The van der Waals surface area contributed by atoms with Gasteiger partial charge in [-0.1, -0.05) is 15.9 Å². The van der Waals surface area contributed by atoms with Crippen LogP contribution in [-0.2, 0) is 13.1 Å². The molecule has 0 saturated heterocycles. The minimum Gasteiger partial charge on any atom is -0.496 e. The Morgan fingerprint density at radius 3 is 2.71 bits per heavy atom. The molecule has 2 rings (SSSR count). The monoisotopic (exact) mass is 351 g/mol. The fourth-order valence-electron chi connectivity index (χ4n) is 2.04. The van der Waals surface area contributed by atoms with Crippen molar-refractivity contribution in [3.05, 3.63) is 46.2 Å². The fourth-order valence-corrected chi connectivity index (χ4v) is 2.45. The number of rotatable bonds is 5. The van der Waals surface area contributed by atoms with E-state index in [1.165, 1.54) is 0 Å². The summed E-state index contributed by atoms with van der Waals surface area (Å²) in [5, 5.41) is 7.91. The number of benzene rings is 1. The predicted octanol–water partition coefficient (Wildman–Crippen LogP) is 3.59. The minimum absolute atomic E-state index is 0.0859. The van der Waals surface area contributed by atoms with Crippen LogP contribution in [0.4, 0.5) is 0 Å². The van der Waals surface area contributed by atoms with Crippen molar-refractivity contribution in [2.24, 2.45) is 0 Å². The molecule has 1 aromatic carbocycles. The zero-order valence-corrected chi connectivity index (χ0v) is 14.6. The highest BCUT2D eigenvalue weighted by atomic mass is 79.9. The van der Waals surface area contributed by atoms with Crippen LogP contribution in [0.25, 0.3) is 0 Å². The zero-order chi connectivity index (χ0) is 15.5. The summed E-state index contributed by atoms with van der Waals surface area (Å²) >= 11 is 3.51. The van der Waals surface area contributed by atoms with Crippen molar-refractivity contribution in [1.29, 1.82) is 0 Å². The molecule has 2 aromatic rings. The van der Waals surface area contributed by atoms with Gasteiger partial charge in [-0.2, -0.15) is 5.10 Å². The van der Waals surface area contributed by atoms with Gasteiger partial charge in [-0.15, -0.1) is 0 Å². The predicted molar refractivity (Wildman–Crippen MR) is 88.6 cm³/mol. The fraction of sp³-hybridized carbons (Fsp3) is 0.438. The summed E-state index contributed by atoms with van der Waals surface area (Å²) in [7, 11) is 1.69. The highest BCUT2D eigenvalue weighted by Gasteiger charge is 2.12. The van der Waals surface area contributed by atoms with Gasteiger partial charge in [-0.05, 0) is 45.0 Å². The van der Waals surface area contributed by atoms with Gasteiger partial charge in [0.05, 0.1) is 19.3 Å². The van der Waals surface area contributed by atoms with Gasteiger partial charge in [0.25, 0.3) is 0 Å². The molecular formula is C16H22BrN3O. The molecule has 0 radical (unpaired) electrons. The largest absolute Gasteiger partial charge is 0.496 e. The van der Waals surface area contributed by atoms with E-state index >= 15 is 0 Å². The maximum Gasteiger partial charge on any atom is 0.124 e. The van der Waals surface area contributed by atoms with Crippen LogP contribution in [0.15, 0.2) is 34.9 Å². The lowest BCUT2D eigenvalue weighted by atomic mass is 10.1. The van der Waals surface area contributed by atoms with E-state index in [1.54, 1.807) is 7.11 Å². The first-order valence-corrected chi connectivity index (χ1v) is 7.76. The van der Waals surface area contributed by atoms with Gasteiger partial charge in [-0.3, -0.25) is 4.68 Å². The molecule has 0 bridgehead atoms. The molecule has 0 fully saturated rings. The van der Waals surface area contributed by atoms with E-state index in [-0.39, 0.29) is 5.54 Å². The highest BCUT2D eigenvalue weighted by Crippen LogP contribution is 2.24. The second kappa shape index (κ2) is 6.62. The molecule has 0 amide bonds. The summed E-state index contributed by atoms with van der Waals surface area (Å²) in [6.07, 6.45) is 1.84. The van der Waals surface area contributed by atoms with Crippen LogP contribution in [0.3, 0.4) is 0 Å². The Morgan fingerprint density at radius 1 is 1.29 bits per heavy atom. The van der Waals surface area contributed by atoms with Crippen LogP contribution in [0, 0.1) is 0 Å². The van der Waals surface area contributed by atoms with E-state index in [9.17, 15) is 0 Å². The van der Waals surface area contributed by atoms with Crippen LogP contribution >= 0.6 is 15.9 Å². The van der Waals surface area contributed by atoms with Crippen LogP contribution in [0.1, 0.15) is 32.0 Å². The molecule has 0 aliphatic heterocycles. The number of ether oxygens (including phenoxy) is 1. The van der Waals surface area contributed by atoms with E-state index in [4.69, 9.17) is 4.74 Å². The maximum absolute atomic E-state index is 5.43. The van der Waals surface area contributed by atoms with Gasteiger partial charge in [0, 0.05) is 28.3 Å². The normalized spacial score (nSPS) is 11.7. The number of nitrogens with zero attached hydrogens (tertiary/aromatic N) is 2. The quantitative estimate of drug-likeness (QED) is 0.894. The standard InChI is InChI=1S/C16H22BrN3O/c1-16(2,3)18-10-14-7-8-19-20(14)11-12-9-13(17)5-6-15(12)21-4/h5-9,18H,10-11H2,1-4H3. The zero-order valence-electron chi connectivity index (χ0n) is 13.0. The first-order chi connectivity index (χ1) is 9.89. The molecule has 1 heterocycles. The van der Waals surface area contributed by atoms with E-state index < -0.39 is 0 Å². The van der Waals surface area contributed by atoms with Gasteiger partial charge >= 0.3 is 0 Å². The summed E-state index contributed by atoms with van der Waals surface area (Å²) in [5.74, 6) is 0.878. The van der Waals surface area contributed by atoms with E-state index in [2.05, 4.69) is 53.2 Å². The Bertz CT molecular complexity index is 602. The third-order valence-electron chi connectivity index (χ3n) is 3.17. The van der Waals surface area contributed by atoms with Crippen molar-refractivity contribution in [3.8, 4) is 5.75 Å². The smallest absolute Gasteiger partial charge is 0.124 e. The summed E-state index contributed by atoms with van der Waals surface area (Å²) in [6, 6.07) is 8.06. The molecule has 1 N–H and O–H groups in total. The van der Waals surface area contributed by atoms with E-state index in [0.29, 0.717) is 6.54 Å². The molecular weight excluding hydrogens is 330 g/mol. The topological polar surface area (TPSA) is 39.1 Å². The van der Waals surface area contributed by atoms with E-state index in [1.807, 2.05) is 29.1 Å². The molecule has 5 heteroatoms. The van der Waals surface area contributed by atoms with Crippen molar-refractivity contribution in [2.45, 2.75) is 39.4 Å². The minimum atomic E-state index is 0.0859. The first kappa shape index (κ1) is 16.0. The van der Waals surface area contributed by atoms with Gasteiger partial charge in [-0.25, -0.2) is 0 Å². The summed E-state index contributed by atoms with van der Waals surface area (Å²) < 4.78 is 8.47. The number of aromatic nitrogens is 2. The lowest BCUT2D eigenvalue weighted by molar-refractivity contribution is 0.402. The van der Waals surface area contributed by atoms with Crippen molar-refractivity contribution in [1.82, 2.24) is 15.1 Å². The SMILES string of the molecule is COc1ccc(Br)cc1Cn1nccc1CNC(C)(C)C. The second-order valence-electron chi connectivity index (χ2n) is 6.04. The second-order valence-corrected chi connectivity index (χ2v) is 6.96. The Labute approximate surface area is 134 Å². The number of hydrogen-bond donors (Lipinski definition) is 1. The van der Waals surface area contributed by atoms with Crippen molar-refractivity contribution in [2.75, 3.05) is 7.11 Å². The lowest BCUT2D eigenvalue weighted by Crippen LogP contribution is -2.35. The molecule has 114 valence electrons. The van der Waals surface area contributed by atoms with E-state index in [0.717, 1.165) is 28.0 Å². The molecule has 0 saturated carbocycles. The van der Waals surface area contributed by atoms with Crippen molar-refractivity contribution < 1.29 is 4.74 Å². The lowest BCUT2D eigenvalue weighted by Gasteiger charge is -2.21. The first-order valence-electron chi connectivity index (χ1n) is 6.97. The molecule has 0 aliphatic rings. The number of nitrogens with one attached hydrogen (secondary N) is 1. The average molecular weight is 352 g/mol. The van der Waals surface area contributed by atoms with Crippen LogP contribution < -0.4 is 10.1 Å². The van der Waals surface area contributed by atoms with Gasteiger partial charge < -0.3 is 10.1 Å². The van der Waals surface area contributed by atoms with Crippen LogP contribution in [-0.4, -0.2) is 22.4 Å². The van der Waals surface area contributed by atoms with Gasteiger partial charge in [0.1, 0.15) is 5.75 Å². The third kappa shape index (κ3) is 4.58. The highest BCUT2D eigenvalue weighted by molar-refractivity contribution is 9.10. The Kier molecular flexibility index (Phi) is 5.06. The molecule has 0 unspecified atom stereocenters. The molecule has 1 aromatic heterocycles. The van der Waals surface area contributed by atoms with Crippen LogP contribution in [0.2, 0.25) is 0 Å². The third-order valence-corrected chi connectivity index (χ3v) is 3.66. The summed E-state index contributed by atoms with van der Waals surface area (Å²) in [4.78, 5) is 0. The van der Waals surface area contributed by atoms with Gasteiger partial charge in [0.2, 0.25) is 0 Å². The molecule has 4 nitrogen and oxygen atoms in total. The number of hydrogen-bond acceptors (Lipinski definition) is 3. The maximum atomic E-state index is 5.43. The average Bonchev–Trinajstić information content (AvgIpc) is 2.83. The molecule has 21 heavy (non-hydrogen) atoms. The molecule has 0 atom stereocenters. The van der Waals surface area contributed by atoms with Crippen molar-refractivity contribution >= 4 is 15.9 Å². The number of halogens is 1. The Morgan fingerprint density at radius 2 is 2.05 bits per heavy atom. The molecule has 0 aliphatic carbocycles.